The van der Waals surface area contributed by atoms with Crippen molar-refractivity contribution in [3.63, 3.8) is 0 Å². The normalized spacial score (nSPS) is 13.3. The molecule has 1 unspecified atom stereocenters. The maximum absolute atomic E-state index is 6.13. The molecule has 0 amide bonds. The number of nitrogens with zero attached hydrogens (tertiary/aromatic N) is 1. The van der Waals surface area contributed by atoms with Crippen LogP contribution in [0, 0.1) is 0 Å². The highest BCUT2D eigenvalue weighted by atomic mass is 35.5. The van der Waals surface area contributed by atoms with Crippen molar-refractivity contribution in [3.8, 4) is 5.75 Å². The third kappa shape index (κ3) is 4.01. The molecule has 1 atom stereocenters. The van der Waals surface area contributed by atoms with E-state index in [9.17, 15) is 0 Å². The molecule has 3 aromatic carbocycles. The van der Waals surface area contributed by atoms with Gasteiger partial charge in [0.25, 0.3) is 0 Å². The second-order valence-electron chi connectivity index (χ2n) is 6.85. The molecule has 0 saturated heterocycles. The lowest BCUT2D eigenvalue weighted by Crippen LogP contribution is -2.29. The number of ether oxygens (including phenoxy) is 2. The number of benzene rings is 3. The largest absolute Gasteiger partial charge is 0.489 e. The van der Waals surface area contributed by atoms with Gasteiger partial charge < -0.3 is 9.47 Å². The van der Waals surface area contributed by atoms with Crippen LogP contribution < -0.4 is 4.74 Å². The molecule has 0 fully saturated rings. The van der Waals surface area contributed by atoms with Crippen LogP contribution in [0.15, 0.2) is 72.9 Å². The molecule has 4 aromatic rings. The third-order valence-electron chi connectivity index (χ3n) is 5.19. The molecule has 0 aliphatic rings. The number of aromatic nitrogens is 1. The summed E-state index contributed by atoms with van der Waals surface area (Å²) < 4.78 is 12.7. The van der Waals surface area contributed by atoms with E-state index in [-0.39, 0.29) is 0 Å². The van der Waals surface area contributed by atoms with E-state index < -0.39 is 5.60 Å². The van der Waals surface area contributed by atoms with E-state index in [2.05, 4.69) is 54.4 Å². The summed E-state index contributed by atoms with van der Waals surface area (Å²) >= 11 is 7.58. The average molecular weight is 424 g/mol. The molecule has 0 bridgehead atoms. The maximum Gasteiger partial charge on any atom is 0.144 e. The summed E-state index contributed by atoms with van der Waals surface area (Å²) in [6.45, 7) is 2.59. The number of halogens is 1. The highest BCUT2D eigenvalue weighted by molar-refractivity contribution is 7.16. The lowest BCUT2D eigenvalue weighted by molar-refractivity contribution is 0.0182. The van der Waals surface area contributed by atoms with Crippen molar-refractivity contribution in [1.29, 1.82) is 0 Å². The van der Waals surface area contributed by atoms with Crippen molar-refractivity contribution in [3.05, 3.63) is 93.4 Å². The van der Waals surface area contributed by atoms with Gasteiger partial charge in [-0.3, -0.25) is 0 Å². The Morgan fingerprint density at radius 3 is 2.55 bits per heavy atom. The average Bonchev–Trinajstić information content (AvgIpc) is 3.20. The van der Waals surface area contributed by atoms with Crippen molar-refractivity contribution in [2.45, 2.75) is 25.6 Å². The fourth-order valence-corrected chi connectivity index (χ4v) is 4.78. The fourth-order valence-electron chi connectivity index (χ4n) is 3.60. The monoisotopic (exact) mass is 423 g/mol. The molecule has 4 rings (SSSR count). The molecular formula is C24H22ClNO2S. The zero-order valence-corrected chi connectivity index (χ0v) is 18.0. The zero-order valence-electron chi connectivity index (χ0n) is 16.4. The van der Waals surface area contributed by atoms with Crippen LogP contribution in [-0.2, 0) is 16.9 Å². The van der Waals surface area contributed by atoms with Crippen LogP contribution in [0.4, 0.5) is 0 Å². The number of fused-ring (bicyclic) bond motifs is 1. The number of methoxy groups -OCH3 is 1. The minimum absolute atomic E-state index is 0.503. The van der Waals surface area contributed by atoms with Crippen molar-refractivity contribution in [2.24, 2.45) is 0 Å². The standard InChI is InChI=1S/C24H22ClNO2S/c1-3-24(27-2,23-26-15-22(25)29-23)20-9-6-10-21(14-20)28-16-17-11-12-18-7-4-5-8-19(18)13-17/h4-15H,3,16H2,1-2H3. The van der Waals surface area contributed by atoms with Crippen LogP contribution in [0.5, 0.6) is 5.75 Å². The smallest absolute Gasteiger partial charge is 0.144 e. The first-order valence-electron chi connectivity index (χ1n) is 9.52. The molecule has 1 aromatic heterocycles. The molecule has 3 nitrogen and oxygen atoms in total. The first kappa shape index (κ1) is 19.9. The Labute approximate surface area is 179 Å². The Morgan fingerprint density at radius 2 is 1.83 bits per heavy atom. The van der Waals surface area contributed by atoms with Crippen LogP contribution in [0.3, 0.4) is 0 Å². The lowest BCUT2D eigenvalue weighted by atomic mass is 9.91. The van der Waals surface area contributed by atoms with E-state index in [4.69, 9.17) is 21.1 Å². The number of rotatable bonds is 7. The Balaban J connectivity index is 1.58. The van der Waals surface area contributed by atoms with E-state index in [0.29, 0.717) is 10.9 Å². The molecule has 1 heterocycles. The Kier molecular flexibility index (Phi) is 5.86. The van der Waals surface area contributed by atoms with Crippen LogP contribution in [0.1, 0.15) is 29.5 Å². The molecule has 148 valence electrons. The number of hydrogen-bond acceptors (Lipinski definition) is 4. The Hall–Kier alpha value is -2.40. The molecule has 29 heavy (non-hydrogen) atoms. The van der Waals surface area contributed by atoms with Gasteiger partial charge in [0.15, 0.2) is 0 Å². The SMILES string of the molecule is CCC(OC)(c1cccc(OCc2ccc3ccccc3c2)c1)c1ncc(Cl)s1. The molecule has 0 aliphatic heterocycles. The van der Waals surface area contributed by atoms with Crippen molar-refractivity contribution < 1.29 is 9.47 Å². The predicted octanol–water partition coefficient (Wildman–Crippen LogP) is 6.83. The van der Waals surface area contributed by atoms with E-state index >= 15 is 0 Å². The molecule has 5 heteroatoms. The maximum atomic E-state index is 6.13. The Morgan fingerprint density at radius 1 is 1.00 bits per heavy atom. The van der Waals surface area contributed by atoms with E-state index in [1.807, 2.05) is 24.3 Å². The summed E-state index contributed by atoms with van der Waals surface area (Å²) in [5.41, 5.74) is 1.50. The van der Waals surface area contributed by atoms with Crippen LogP contribution in [0.2, 0.25) is 4.34 Å². The van der Waals surface area contributed by atoms with Gasteiger partial charge in [0.2, 0.25) is 0 Å². The summed E-state index contributed by atoms with van der Waals surface area (Å²) in [4.78, 5) is 4.48. The number of thiazole rings is 1. The quantitative estimate of drug-likeness (QED) is 0.326. The van der Waals surface area contributed by atoms with Crippen molar-refractivity contribution in [2.75, 3.05) is 7.11 Å². The van der Waals surface area contributed by atoms with Gasteiger partial charge in [0, 0.05) is 7.11 Å². The molecular weight excluding hydrogens is 402 g/mol. The first-order chi connectivity index (χ1) is 14.1. The summed E-state index contributed by atoms with van der Waals surface area (Å²) in [5, 5.41) is 3.29. The van der Waals surface area contributed by atoms with Gasteiger partial charge in [0.05, 0.1) is 6.20 Å². The molecule has 0 radical (unpaired) electrons. The van der Waals surface area contributed by atoms with Gasteiger partial charge in [0.1, 0.15) is 27.3 Å². The second kappa shape index (κ2) is 8.54. The molecule has 0 saturated carbocycles. The van der Waals surface area contributed by atoms with E-state index in [1.165, 1.54) is 22.1 Å². The van der Waals surface area contributed by atoms with Gasteiger partial charge in [-0.15, -0.1) is 11.3 Å². The van der Waals surface area contributed by atoms with Gasteiger partial charge in [-0.1, -0.05) is 67.1 Å². The summed E-state index contributed by atoms with van der Waals surface area (Å²) in [5.74, 6) is 0.799. The molecule has 0 aliphatic carbocycles. The molecule has 0 spiro atoms. The van der Waals surface area contributed by atoms with Gasteiger partial charge in [-0.25, -0.2) is 4.98 Å². The summed E-state index contributed by atoms with van der Waals surface area (Å²) in [7, 11) is 1.71. The van der Waals surface area contributed by atoms with Crippen LogP contribution in [-0.4, -0.2) is 12.1 Å². The van der Waals surface area contributed by atoms with Gasteiger partial charge in [-0.05, 0) is 46.5 Å². The van der Waals surface area contributed by atoms with E-state index in [0.717, 1.165) is 28.3 Å². The predicted molar refractivity (Wildman–Crippen MR) is 120 cm³/mol. The minimum Gasteiger partial charge on any atom is -0.489 e. The topological polar surface area (TPSA) is 31.4 Å². The minimum atomic E-state index is -0.639. The van der Waals surface area contributed by atoms with Crippen LogP contribution >= 0.6 is 22.9 Å². The summed E-state index contributed by atoms with van der Waals surface area (Å²) in [6, 6.07) is 22.8. The molecule has 0 N–H and O–H groups in total. The van der Waals surface area contributed by atoms with Gasteiger partial charge >= 0.3 is 0 Å². The zero-order chi connectivity index (χ0) is 20.3. The third-order valence-corrected chi connectivity index (χ3v) is 6.45. The lowest BCUT2D eigenvalue weighted by Gasteiger charge is -2.30. The highest BCUT2D eigenvalue weighted by Crippen LogP contribution is 2.40. The fraction of sp³-hybridized carbons (Fsp3) is 0.208. The second-order valence-corrected chi connectivity index (χ2v) is 8.51. The summed E-state index contributed by atoms with van der Waals surface area (Å²) in [6.07, 6.45) is 2.41. The number of hydrogen-bond donors (Lipinski definition) is 0. The van der Waals surface area contributed by atoms with Gasteiger partial charge in [-0.2, -0.15) is 0 Å². The van der Waals surface area contributed by atoms with E-state index in [1.54, 1.807) is 13.3 Å². The Bertz CT molecular complexity index is 1120. The van der Waals surface area contributed by atoms with Crippen LogP contribution in [0.25, 0.3) is 10.8 Å². The first-order valence-corrected chi connectivity index (χ1v) is 10.7. The van der Waals surface area contributed by atoms with Crippen molar-refractivity contribution in [1.82, 2.24) is 4.98 Å². The highest BCUT2D eigenvalue weighted by Gasteiger charge is 2.36. The van der Waals surface area contributed by atoms with Crippen molar-refractivity contribution >= 4 is 33.7 Å².